The van der Waals surface area contributed by atoms with Gasteiger partial charge >= 0.3 is 0 Å². The number of fused-ring (bicyclic) bond motifs is 1. The molecule has 1 unspecified atom stereocenters. The molecule has 1 aromatic carbocycles. The van der Waals surface area contributed by atoms with Crippen LogP contribution in [0.2, 0.25) is 0 Å². The maximum atomic E-state index is 9.62. The summed E-state index contributed by atoms with van der Waals surface area (Å²) in [5.41, 5.74) is 2.81. The fraction of sp³-hybridized carbons (Fsp3) is 0.571. The Balaban J connectivity index is 2.43. The summed E-state index contributed by atoms with van der Waals surface area (Å²) in [4.78, 5) is 0. The molecule has 0 radical (unpaired) electrons. The highest BCUT2D eigenvalue weighted by molar-refractivity contribution is 5.40. The van der Waals surface area contributed by atoms with Crippen LogP contribution in [0.3, 0.4) is 0 Å². The zero-order valence-electron chi connectivity index (χ0n) is 10.4. The van der Waals surface area contributed by atoms with Crippen LogP contribution in [0.25, 0.3) is 0 Å². The van der Waals surface area contributed by atoms with E-state index in [9.17, 15) is 5.11 Å². The minimum atomic E-state index is 0.0863. The summed E-state index contributed by atoms with van der Waals surface area (Å²) >= 11 is 0. The predicted octanol–water partition coefficient (Wildman–Crippen LogP) is 2.81. The molecular formula is C14H21NO. The van der Waals surface area contributed by atoms with Crippen LogP contribution in [0, 0.1) is 0 Å². The highest BCUT2D eigenvalue weighted by Crippen LogP contribution is 2.39. The van der Waals surface area contributed by atoms with E-state index in [2.05, 4.69) is 25.2 Å². The van der Waals surface area contributed by atoms with E-state index in [1.54, 1.807) is 6.07 Å². The molecule has 2 nitrogen and oxygen atoms in total. The van der Waals surface area contributed by atoms with Crippen molar-refractivity contribution in [1.82, 2.24) is 5.32 Å². The second-order valence-corrected chi connectivity index (χ2v) is 5.30. The van der Waals surface area contributed by atoms with Gasteiger partial charge in [-0.2, -0.15) is 0 Å². The van der Waals surface area contributed by atoms with Crippen molar-refractivity contribution in [3.05, 3.63) is 29.3 Å². The third-order valence-corrected chi connectivity index (χ3v) is 3.96. The second-order valence-electron chi connectivity index (χ2n) is 5.30. The molecule has 0 aromatic heterocycles. The van der Waals surface area contributed by atoms with E-state index in [4.69, 9.17) is 0 Å². The SMILES string of the molecule is CNC(C)(C)C1CCCc2ccc(O)cc21. The van der Waals surface area contributed by atoms with Crippen LogP contribution >= 0.6 is 0 Å². The molecule has 88 valence electrons. The van der Waals surface area contributed by atoms with Gasteiger partial charge in [0.15, 0.2) is 0 Å². The smallest absolute Gasteiger partial charge is 0.115 e. The number of aryl methyl sites for hydroxylation is 1. The monoisotopic (exact) mass is 219 g/mol. The van der Waals surface area contributed by atoms with E-state index in [0.29, 0.717) is 11.7 Å². The highest BCUT2D eigenvalue weighted by Gasteiger charge is 2.32. The minimum Gasteiger partial charge on any atom is -0.508 e. The topological polar surface area (TPSA) is 32.3 Å². The number of aromatic hydroxyl groups is 1. The molecule has 2 rings (SSSR count). The highest BCUT2D eigenvalue weighted by atomic mass is 16.3. The normalized spacial score (nSPS) is 20.6. The number of likely N-dealkylation sites (N-methyl/N-ethyl adjacent to an activating group) is 1. The summed E-state index contributed by atoms with van der Waals surface area (Å²) in [6, 6.07) is 5.81. The molecule has 1 aromatic rings. The van der Waals surface area contributed by atoms with Gasteiger partial charge < -0.3 is 10.4 Å². The Kier molecular flexibility index (Phi) is 2.94. The Morgan fingerprint density at radius 3 is 2.81 bits per heavy atom. The van der Waals surface area contributed by atoms with Gasteiger partial charge in [0.2, 0.25) is 0 Å². The maximum absolute atomic E-state index is 9.62. The standard InChI is InChI=1S/C14H21NO/c1-14(2,15-3)13-6-4-5-10-7-8-11(16)9-12(10)13/h7-9,13,15-16H,4-6H2,1-3H3. The summed E-state index contributed by atoms with van der Waals surface area (Å²) in [7, 11) is 2.01. The zero-order valence-corrected chi connectivity index (χ0v) is 10.4. The third kappa shape index (κ3) is 1.94. The van der Waals surface area contributed by atoms with Crippen molar-refractivity contribution in [2.24, 2.45) is 0 Å². The fourth-order valence-corrected chi connectivity index (χ4v) is 2.71. The van der Waals surface area contributed by atoms with Gasteiger partial charge in [0.05, 0.1) is 0 Å². The molecule has 0 saturated heterocycles. The van der Waals surface area contributed by atoms with Gasteiger partial charge in [-0.25, -0.2) is 0 Å². The van der Waals surface area contributed by atoms with Crippen molar-refractivity contribution in [2.45, 2.75) is 44.6 Å². The van der Waals surface area contributed by atoms with E-state index in [1.807, 2.05) is 13.1 Å². The average Bonchev–Trinajstić information content (AvgIpc) is 2.28. The molecule has 2 heteroatoms. The molecule has 0 bridgehead atoms. The molecule has 16 heavy (non-hydrogen) atoms. The van der Waals surface area contributed by atoms with Gasteiger partial charge in [-0.15, -0.1) is 0 Å². The molecule has 0 amide bonds. The lowest BCUT2D eigenvalue weighted by Gasteiger charge is -2.38. The summed E-state index contributed by atoms with van der Waals surface area (Å²) < 4.78 is 0. The second kappa shape index (κ2) is 4.10. The van der Waals surface area contributed by atoms with Crippen molar-refractivity contribution in [1.29, 1.82) is 0 Å². The molecule has 1 atom stereocenters. The Bertz CT molecular complexity index is 384. The zero-order chi connectivity index (χ0) is 11.8. The lowest BCUT2D eigenvalue weighted by Crippen LogP contribution is -2.43. The van der Waals surface area contributed by atoms with Crippen molar-refractivity contribution < 1.29 is 5.11 Å². The van der Waals surface area contributed by atoms with Gasteiger partial charge in [0.25, 0.3) is 0 Å². The maximum Gasteiger partial charge on any atom is 0.115 e. The minimum absolute atomic E-state index is 0.0863. The fourth-order valence-electron chi connectivity index (χ4n) is 2.71. The molecule has 0 spiro atoms. The van der Waals surface area contributed by atoms with Crippen LogP contribution in [0.15, 0.2) is 18.2 Å². The van der Waals surface area contributed by atoms with Gasteiger partial charge in [-0.1, -0.05) is 6.07 Å². The van der Waals surface area contributed by atoms with Crippen LogP contribution in [-0.4, -0.2) is 17.7 Å². The number of benzene rings is 1. The lowest BCUT2D eigenvalue weighted by molar-refractivity contribution is 0.312. The molecule has 0 heterocycles. The number of nitrogens with one attached hydrogen (secondary N) is 1. The van der Waals surface area contributed by atoms with E-state index < -0.39 is 0 Å². The van der Waals surface area contributed by atoms with Crippen molar-refractivity contribution in [3.8, 4) is 5.75 Å². The molecule has 1 aliphatic carbocycles. The number of hydrogen-bond acceptors (Lipinski definition) is 2. The predicted molar refractivity (Wildman–Crippen MR) is 66.9 cm³/mol. The third-order valence-electron chi connectivity index (χ3n) is 3.96. The number of rotatable bonds is 2. The van der Waals surface area contributed by atoms with Crippen LogP contribution < -0.4 is 5.32 Å². The summed E-state index contributed by atoms with van der Waals surface area (Å²) in [5.74, 6) is 0.880. The van der Waals surface area contributed by atoms with Crippen molar-refractivity contribution >= 4 is 0 Å². The molecule has 0 saturated carbocycles. The average molecular weight is 219 g/mol. The van der Waals surface area contributed by atoms with Gasteiger partial charge in [-0.3, -0.25) is 0 Å². The number of phenolic OH excluding ortho intramolecular Hbond substituents is 1. The summed E-state index contributed by atoms with van der Waals surface area (Å²) in [6.45, 7) is 4.47. The quantitative estimate of drug-likeness (QED) is 0.801. The first-order chi connectivity index (χ1) is 7.54. The first kappa shape index (κ1) is 11.5. The van der Waals surface area contributed by atoms with Gasteiger partial charge in [0.1, 0.15) is 5.75 Å². The Hall–Kier alpha value is -1.02. The van der Waals surface area contributed by atoms with E-state index in [0.717, 1.165) is 6.42 Å². The first-order valence-corrected chi connectivity index (χ1v) is 6.05. The largest absolute Gasteiger partial charge is 0.508 e. The molecule has 0 aliphatic heterocycles. The Morgan fingerprint density at radius 2 is 2.12 bits per heavy atom. The molecular weight excluding hydrogens is 198 g/mol. The number of hydrogen-bond donors (Lipinski definition) is 2. The lowest BCUT2D eigenvalue weighted by atomic mass is 9.73. The van der Waals surface area contributed by atoms with Crippen LogP contribution in [0.4, 0.5) is 0 Å². The van der Waals surface area contributed by atoms with Crippen molar-refractivity contribution in [2.75, 3.05) is 7.05 Å². The van der Waals surface area contributed by atoms with Crippen LogP contribution in [0.5, 0.6) is 5.75 Å². The van der Waals surface area contributed by atoms with E-state index in [1.165, 1.54) is 24.0 Å². The Morgan fingerprint density at radius 1 is 1.38 bits per heavy atom. The van der Waals surface area contributed by atoms with Gasteiger partial charge in [-0.05, 0) is 63.4 Å². The van der Waals surface area contributed by atoms with Gasteiger partial charge in [0, 0.05) is 11.5 Å². The number of phenols is 1. The van der Waals surface area contributed by atoms with E-state index >= 15 is 0 Å². The molecule has 1 aliphatic rings. The molecule has 2 N–H and O–H groups in total. The molecule has 0 fully saturated rings. The first-order valence-electron chi connectivity index (χ1n) is 6.05. The van der Waals surface area contributed by atoms with Crippen LogP contribution in [0.1, 0.15) is 43.7 Å². The van der Waals surface area contributed by atoms with E-state index in [-0.39, 0.29) is 5.54 Å². The summed E-state index contributed by atoms with van der Waals surface area (Å²) in [5, 5.41) is 13.0. The Labute approximate surface area is 97.7 Å². The van der Waals surface area contributed by atoms with Crippen LogP contribution in [-0.2, 0) is 6.42 Å². The summed E-state index contributed by atoms with van der Waals surface area (Å²) in [6.07, 6.45) is 3.59. The van der Waals surface area contributed by atoms with Crippen molar-refractivity contribution in [3.63, 3.8) is 0 Å².